The van der Waals surface area contributed by atoms with Gasteiger partial charge in [0.25, 0.3) is 0 Å². The number of carbonyl (C=O) groups is 2. The van der Waals surface area contributed by atoms with Gasteiger partial charge in [-0.25, -0.2) is 4.68 Å². The molecular formula is C35H41N5O5. The largest absolute Gasteiger partial charge is 0.493 e. The number of allylic oxidation sites excluding steroid dienone is 1. The topological polar surface area (TPSA) is 99.0 Å². The van der Waals surface area contributed by atoms with Gasteiger partial charge in [0.15, 0.2) is 17.3 Å². The number of rotatable bonds is 9. The summed E-state index contributed by atoms with van der Waals surface area (Å²) in [4.78, 5) is 31.1. The van der Waals surface area contributed by atoms with Crippen molar-refractivity contribution in [1.29, 1.82) is 0 Å². The molecular weight excluding hydrogens is 570 g/mol. The van der Waals surface area contributed by atoms with Gasteiger partial charge in [-0.05, 0) is 105 Å². The smallest absolute Gasteiger partial charge is 0.224 e. The van der Waals surface area contributed by atoms with Crippen molar-refractivity contribution in [2.24, 2.45) is 11.8 Å². The highest BCUT2D eigenvalue weighted by molar-refractivity contribution is 6.06. The van der Waals surface area contributed by atoms with Crippen LogP contribution in [0.1, 0.15) is 66.2 Å². The summed E-state index contributed by atoms with van der Waals surface area (Å²) in [5.41, 5.74) is 2.10. The molecule has 5 heterocycles. The van der Waals surface area contributed by atoms with Gasteiger partial charge in [-0.2, -0.15) is 0 Å². The quantitative estimate of drug-likeness (QED) is 0.251. The maximum Gasteiger partial charge on any atom is 0.224 e. The minimum absolute atomic E-state index is 0.0212. The molecule has 0 spiro atoms. The molecule has 4 saturated heterocycles. The highest BCUT2D eigenvalue weighted by Gasteiger charge is 2.52. The van der Waals surface area contributed by atoms with Crippen LogP contribution in [0, 0.1) is 11.8 Å². The average Bonchev–Trinajstić information content (AvgIpc) is 3.56. The Kier molecular flexibility index (Phi) is 8.31. The second-order valence-corrected chi connectivity index (χ2v) is 12.8. The lowest BCUT2D eigenvalue weighted by Crippen LogP contribution is -2.67. The van der Waals surface area contributed by atoms with E-state index in [1.165, 1.54) is 44.8 Å². The fourth-order valence-electron chi connectivity index (χ4n) is 8.12. The molecule has 7 rings (SSSR count). The maximum absolute atomic E-state index is 13.4. The van der Waals surface area contributed by atoms with Crippen molar-refractivity contribution in [3.8, 4) is 17.2 Å². The van der Waals surface area contributed by atoms with E-state index in [-0.39, 0.29) is 30.4 Å². The summed E-state index contributed by atoms with van der Waals surface area (Å²) in [6.45, 7) is 3.60. The molecule has 4 aliphatic heterocycles. The number of aromatic nitrogens is 3. The minimum Gasteiger partial charge on any atom is -0.493 e. The summed E-state index contributed by atoms with van der Waals surface area (Å²) < 4.78 is 18.5. The molecule has 1 aromatic heterocycles. The standard InChI is InChI=1S/C35H41N5O5/c1-43-32-14-8-23(17-33(32)44-2)7-13-31(41)24-9-11-28(12-10-24)45-22-26-21-40(37-36-26)27-18-30-29-6-4-16-38-15-3-5-25(35(29)38)20-39(30)34(42)19-27/h7-14,17,21,25,27,29-30,35H,3-6,15-16,18-20,22H2,1-2H3/b13-7+/t25-,27+,29+,30+,35-/m0/s1. The Labute approximate surface area is 263 Å². The highest BCUT2D eigenvalue weighted by Crippen LogP contribution is 2.46. The molecule has 10 heteroatoms. The van der Waals surface area contributed by atoms with E-state index in [9.17, 15) is 9.59 Å². The van der Waals surface area contributed by atoms with E-state index in [1.807, 2.05) is 23.0 Å². The zero-order chi connectivity index (χ0) is 30.9. The molecule has 2 aromatic carbocycles. The molecule has 0 unspecified atom stereocenters. The molecule has 5 atom stereocenters. The maximum atomic E-state index is 13.4. The van der Waals surface area contributed by atoms with Crippen molar-refractivity contribution in [3.63, 3.8) is 0 Å². The van der Waals surface area contributed by atoms with Gasteiger partial charge in [-0.3, -0.25) is 14.5 Å². The van der Waals surface area contributed by atoms with Gasteiger partial charge in [0, 0.05) is 30.6 Å². The first kappa shape index (κ1) is 29.5. The molecule has 3 aromatic rings. The molecule has 0 saturated carbocycles. The Morgan fingerprint density at radius 1 is 1.02 bits per heavy atom. The lowest BCUT2D eigenvalue weighted by atomic mass is 9.67. The first-order valence-corrected chi connectivity index (χ1v) is 16.1. The summed E-state index contributed by atoms with van der Waals surface area (Å²) in [5.74, 6) is 3.22. The van der Waals surface area contributed by atoms with E-state index in [2.05, 4.69) is 20.1 Å². The molecule has 0 bridgehead atoms. The third-order valence-electron chi connectivity index (χ3n) is 10.2. The number of piperidine rings is 4. The molecule has 4 fully saturated rings. The van der Waals surface area contributed by atoms with E-state index in [0.717, 1.165) is 18.5 Å². The number of hydrogen-bond acceptors (Lipinski definition) is 8. The molecule has 10 nitrogen and oxygen atoms in total. The summed E-state index contributed by atoms with van der Waals surface area (Å²) in [5, 5.41) is 8.79. The number of carbonyl (C=O) groups excluding carboxylic acids is 2. The van der Waals surface area contributed by atoms with E-state index < -0.39 is 0 Å². The zero-order valence-electron chi connectivity index (χ0n) is 26.0. The molecule has 0 N–H and O–H groups in total. The van der Waals surface area contributed by atoms with Gasteiger partial charge in [-0.1, -0.05) is 17.4 Å². The minimum atomic E-state index is -0.113. The van der Waals surface area contributed by atoms with Crippen LogP contribution in [0.15, 0.2) is 54.7 Å². The predicted molar refractivity (Wildman–Crippen MR) is 168 cm³/mol. The van der Waals surface area contributed by atoms with Gasteiger partial charge in [-0.15, -0.1) is 5.10 Å². The van der Waals surface area contributed by atoms with Gasteiger partial charge >= 0.3 is 0 Å². The number of ketones is 1. The Bertz CT molecular complexity index is 1570. The van der Waals surface area contributed by atoms with Gasteiger partial charge in [0.1, 0.15) is 18.1 Å². The molecule has 45 heavy (non-hydrogen) atoms. The monoisotopic (exact) mass is 611 g/mol. The first-order valence-electron chi connectivity index (χ1n) is 16.1. The van der Waals surface area contributed by atoms with Crippen molar-refractivity contribution in [2.75, 3.05) is 33.9 Å². The van der Waals surface area contributed by atoms with Crippen molar-refractivity contribution in [2.45, 2.75) is 63.3 Å². The molecule has 0 aliphatic carbocycles. The predicted octanol–water partition coefficient (Wildman–Crippen LogP) is 4.81. The Morgan fingerprint density at radius 3 is 2.62 bits per heavy atom. The Balaban J connectivity index is 0.950. The summed E-state index contributed by atoms with van der Waals surface area (Å²) >= 11 is 0. The van der Waals surface area contributed by atoms with E-state index in [1.54, 1.807) is 50.6 Å². The number of benzene rings is 2. The summed E-state index contributed by atoms with van der Waals surface area (Å²) in [6, 6.07) is 13.5. The number of amides is 1. The van der Waals surface area contributed by atoms with E-state index in [0.29, 0.717) is 52.8 Å². The van der Waals surface area contributed by atoms with E-state index in [4.69, 9.17) is 14.2 Å². The fourth-order valence-corrected chi connectivity index (χ4v) is 8.12. The second kappa shape index (κ2) is 12.7. The Morgan fingerprint density at radius 2 is 1.82 bits per heavy atom. The number of ether oxygens (including phenoxy) is 3. The molecule has 4 aliphatic rings. The average molecular weight is 612 g/mol. The van der Waals surface area contributed by atoms with Crippen molar-refractivity contribution in [1.82, 2.24) is 24.8 Å². The van der Waals surface area contributed by atoms with Crippen LogP contribution in [0.25, 0.3) is 6.08 Å². The normalized spacial score (nSPS) is 26.3. The van der Waals surface area contributed by atoms with Crippen molar-refractivity contribution >= 4 is 17.8 Å². The zero-order valence-corrected chi connectivity index (χ0v) is 26.0. The molecule has 1 amide bonds. The number of nitrogens with zero attached hydrogens (tertiary/aromatic N) is 5. The van der Waals surface area contributed by atoms with Crippen LogP contribution in [0.4, 0.5) is 0 Å². The van der Waals surface area contributed by atoms with Gasteiger partial charge < -0.3 is 19.1 Å². The van der Waals surface area contributed by atoms with Crippen LogP contribution < -0.4 is 14.2 Å². The van der Waals surface area contributed by atoms with Crippen LogP contribution in [0.3, 0.4) is 0 Å². The number of fused-ring (bicyclic) bond motifs is 2. The summed E-state index contributed by atoms with van der Waals surface area (Å²) in [6.07, 6.45) is 11.6. The van der Waals surface area contributed by atoms with Gasteiger partial charge in [0.05, 0.1) is 26.5 Å². The highest BCUT2D eigenvalue weighted by atomic mass is 16.5. The molecule has 236 valence electrons. The third-order valence-corrected chi connectivity index (χ3v) is 10.2. The van der Waals surface area contributed by atoms with Crippen LogP contribution in [0.2, 0.25) is 0 Å². The fraction of sp³-hybridized carbons (Fsp3) is 0.486. The van der Waals surface area contributed by atoms with Crippen LogP contribution >= 0.6 is 0 Å². The Hall–Kier alpha value is -4.18. The number of methoxy groups -OCH3 is 2. The van der Waals surface area contributed by atoms with Crippen LogP contribution in [-0.2, 0) is 11.4 Å². The third kappa shape index (κ3) is 5.95. The molecule has 0 radical (unpaired) electrons. The lowest BCUT2D eigenvalue weighted by molar-refractivity contribution is -0.153. The number of hydrogen-bond donors (Lipinski definition) is 0. The van der Waals surface area contributed by atoms with Crippen molar-refractivity contribution in [3.05, 3.63) is 71.6 Å². The second-order valence-electron chi connectivity index (χ2n) is 12.8. The van der Waals surface area contributed by atoms with Crippen LogP contribution in [-0.4, -0.2) is 82.4 Å². The SMILES string of the molecule is COc1ccc(/C=C/C(=O)c2ccc(OCc3cn([C@H]4CC(=O)N5C[C@@H]6CCCN7CCC[C@@H]([C@H]67)[C@H]5C4)nn3)cc2)cc1OC. The lowest BCUT2D eigenvalue weighted by Gasteiger charge is -2.59. The van der Waals surface area contributed by atoms with E-state index >= 15 is 0 Å². The first-order chi connectivity index (χ1) is 22.0. The van der Waals surface area contributed by atoms with Gasteiger partial charge in [0.2, 0.25) is 5.91 Å². The van der Waals surface area contributed by atoms with Crippen LogP contribution in [0.5, 0.6) is 17.2 Å². The summed E-state index contributed by atoms with van der Waals surface area (Å²) in [7, 11) is 3.17. The van der Waals surface area contributed by atoms with Crippen molar-refractivity contribution < 1.29 is 23.8 Å².